The molecule has 6 nitrogen and oxygen atoms in total. The zero-order valence-electron chi connectivity index (χ0n) is 8.68. The summed E-state index contributed by atoms with van der Waals surface area (Å²) < 4.78 is 0. The summed E-state index contributed by atoms with van der Waals surface area (Å²) in [6.07, 6.45) is 4.48. The van der Waals surface area contributed by atoms with Gasteiger partial charge in [-0.2, -0.15) is 0 Å². The van der Waals surface area contributed by atoms with E-state index in [9.17, 15) is 9.59 Å². The molecule has 0 saturated carbocycles. The minimum Gasteiger partial charge on any atom is -0.476 e. The van der Waals surface area contributed by atoms with E-state index in [0.29, 0.717) is 5.56 Å². The Morgan fingerprint density at radius 1 is 1.35 bits per heavy atom. The van der Waals surface area contributed by atoms with Crippen LogP contribution in [0.15, 0.2) is 36.8 Å². The molecule has 3 N–H and O–H groups in total. The summed E-state index contributed by atoms with van der Waals surface area (Å²) in [6, 6.07) is 4.63. The van der Waals surface area contributed by atoms with Crippen LogP contribution in [0.1, 0.15) is 20.8 Å². The molecule has 86 valence electrons. The fraction of sp³-hybridized carbons (Fsp3) is 0. The maximum atomic E-state index is 11.7. The Morgan fingerprint density at radius 2 is 2.18 bits per heavy atom. The molecular formula is C11H9N3O3. The largest absolute Gasteiger partial charge is 0.476 e. The average Bonchev–Trinajstić information content (AvgIpc) is 2.83. The third-order valence-electron chi connectivity index (χ3n) is 2.12. The normalized spacial score (nSPS) is 9.88. The van der Waals surface area contributed by atoms with Crippen molar-refractivity contribution in [3.8, 4) is 0 Å². The molecule has 0 radical (unpaired) electrons. The molecule has 0 unspecified atom stereocenters. The lowest BCUT2D eigenvalue weighted by Crippen LogP contribution is -2.15. The van der Waals surface area contributed by atoms with Crippen LogP contribution in [0.25, 0.3) is 0 Å². The number of hydrogen-bond acceptors (Lipinski definition) is 3. The molecule has 1 amide bonds. The first kappa shape index (κ1) is 10.9. The molecule has 0 aliphatic heterocycles. The van der Waals surface area contributed by atoms with Gasteiger partial charge in [-0.15, -0.1) is 0 Å². The monoisotopic (exact) mass is 231 g/mol. The molecule has 0 aromatic carbocycles. The van der Waals surface area contributed by atoms with Crippen LogP contribution in [0, 0.1) is 0 Å². The molecule has 0 fully saturated rings. The number of pyridine rings is 1. The van der Waals surface area contributed by atoms with Crippen molar-refractivity contribution in [2.45, 2.75) is 0 Å². The number of aromatic amines is 1. The van der Waals surface area contributed by atoms with Crippen molar-refractivity contribution >= 4 is 17.6 Å². The van der Waals surface area contributed by atoms with Crippen LogP contribution in [-0.4, -0.2) is 27.0 Å². The molecule has 17 heavy (non-hydrogen) atoms. The van der Waals surface area contributed by atoms with Gasteiger partial charge in [0, 0.05) is 18.6 Å². The lowest BCUT2D eigenvalue weighted by atomic mass is 10.2. The zero-order valence-corrected chi connectivity index (χ0v) is 8.68. The van der Waals surface area contributed by atoms with Gasteiger partial charge in [0.1, 0.15) is 0 Å². The van der Waals surface area contributed by atoms with Crippen LogP contribution in [0.5, 0.6) is 0 Å². The molecule has 6 heteroatoms. The zero-order chi connectivity index (χ0) is 12.3. The molecule has 2 aromatic rings. The lowest BCUT2D eigenvalue weighted by Gasteiger charge is -2.05. The summed E-state index contributed by atoms with van der Waals surface area (Å²) >= 11 is 0. The topological polar surface area (TPSA) is 95.1 Å². The fourth-order valence-corrected chi connectivity index (χ4v) is 1.34. The van der Waals surface area contributed by atoms with Crippen molar-refractivity contribution in [1.29, 1.82) is 0 Å². The van der Waals surface area contributed by atoms with Crippen molar-refractivity contribution in [2.75, 3.05) is 5.32 Å². The second-order valence-corrected chi connectivity index (χ2v) is 3.26. The molecule has 0 spiro atoms. The molecule has 0 saturated heterocycles. The lowest BCUT2D eigenvalue weighted by molar-refractivity contribution is 0.0692. The first-order chi connectivity index (χ1) is 8.18. The minimum atomic E-state index is -1.19. The summed E-state index contributed by atoms with van der Waals surface area (Å²) in [5, 5.41) is 11.4. The second kappa shape index (κ2) is 4.48. The summed E-state index contributed by atoms with van der Waals surface area (Å²) in [6.45, 7) is 0. The molecule has 0 bridgehead atoms. The number of carbonyl (C=O) groups is 2. The molecule has 2 heterocycles. The molecule has 2 rings (SSSR count). The van der Waals surface area contributed by atoms with Crippen LogP contribution < -0.4 is 5.32 Å². The summed E-state index contributed by atoms with van der Waals surface area (Å²) in [7, 11) is 0. The third-order valence-corrected chi connectivity index (χ3v) is 2.12. The van der Waals surface area contributed by atoms with Crippen LogP contribution in [0.3, 0.4) is 0 Å². The van der Waals surface area contributed by atoms with Gasteiger partial charge in [-0.1, -0.05) is 0 Å². The van der Waals surface area contributed by atoms with E-state index >= 15 is 0 Å². The maximum absolute atomic E-state index is 11.7. The molecular weight excluding hydrogens is 222 g/mol. The quantitative estimate of drug-likeness (QED) is 0.743. The van der Waals surface area contributed by atoms with E-state index in [1.54, 1.807) is 18.3 Å². The van der Waals surface area contributed by atoms with E-state index < -0.39 is 5.97 Å². The standard InChI is InChI=1S/C11H9N3O3/c15-10(7-3-5-12-6-7)14-8-2-1-4-13-9(8)11(16)17/h1-6,12H,(H,14,15)(H,16,17). The van der Waals surface area contributed by atoms with Crippen molar-refractivity contribution in [2.24, 2.45) is 0 Å². The van der Waals surface area contributed by atoms with Gasteiger partial charge in [-0.05, 0) is 18.2 Å². The maximum Gasteiger partial charge on any atom is 0.356 e. The highest BCUT2D eigenvalue weighted by Gasteiger charge is 2.14. The molecule has 0 atom stereocenters. The number of nitrogens with one attached hydrogen (secondary N) is 2. The number of amides is 1. The highest BCUT2D eigenvalue weighted by molar-refractivity contribution is 6.06. The van der Waals surface area contributed by atoms with Crippen LogP contribution in [-0.2, 0) is 0 Å². The number of carboxylic acid groups (broad SMARTS) is 1. The third kappa shape index (κ3) is 2.31. The van der Waals surface area contributed by atoms with Crippen molar-refractivity contribution in [3.05, 3.63) is 48.0 Å². The van der Waals surface area contributed by atoms with Crippen LogP contribution in [0.4, 0.5) is 5.69 Å². The Balaban J connectivity index is 2.25. The average molecular weight is 231 g/mol. The number of hydrogen-bond donors (Lipinski definition) is 3. The highest BCUT2D eigenvalue weighted by Crippen LogP contribution is 2.13. The van der Waals surface area contributed by atoms with E-state index in [1.165, 1.54) is 18.5 Å². The number of carbonyl (C=O) groups excluding carboxylic acids is 1. The van der Waals surface area contributed by atoms with Gasteiger partial charge in [0.15, 0.2) is 5.69 Å². The Kier molecular flexibility index (Phi) is 2.87. The SMILES string of the molecule is O=C(Nc1cccnc1C(=O)O)c1cc[nH]c1. The number of nitrogens with zero attached hydrogens (tertiary/aromatic N) is 1. The predicted octanol–water partition coefficient (Wildman–Crippen LogP) is 1.36. The van der Waals surface area contributed by atoms with Crippen LogP contribution >= 0.6 is 0 Å². The molecule has 0 aliphatic rings. The fourth-order valence-electron chi connectivity index (χ4n) is 1.34. The first-order valence-corrected chi connectivity index (χ1v) is 4.81. The smallest absolute Gasteiger partial charge is 0.356 e. The van der Waals surface area contributed by atoms with Crippen molar-refractivity contribution < 1.29 is 14.7 Å². The van der Waals surface area contributed by atoms with Gasteiger partial charge in [-0.3, -0.25) is 4.79 Å². The Labute approximate surface area is 96.3 Å². The number of carboxylic acids is 1. The van der Waals surface area contributed by atoms with E-state index in [2.05, 4.69) is 15.3 Å². The van der Waals surface area contributed by atoms with Gasteiger partial charge in [-0.25, -0.2) is 9.78 Å². The van der Waals surface area contributed by atoms with Crippen LogP contribution in [0.2, 0.25) is 0 Å². The van der Waals surface area contributed by atoms with E-state index in [1.807, 2.05) is 0 Å². The van der Waals surface area contributed by atoms with Crippen molar-refractivity contribution in [1.82, 2.24) is 9.97 Å². The summed E-state index contributed by atoms with van der Waals surface area (Å²) in [5.41, 5.74) is 0.410. The number of anilines is 1. The van der Waals surface area contributed by atoms with Gasteiger partial charge in [0.25, 0.3) is 5.91 Å². The van der Waals surface area contributed by atoms with Gasteiger partial charge in [0.2, 0.25) is 0 Å². The molecule has 0 aliphatic carbocycles. The van der Waals surface area contributed by atoms with E-state index in [0.717, 1.165) is 0 Å². The van der Waals surface area contributed by atoms with E-state index in [4.69, 9.17) is 5.11 Å². The first-order valence-electron chi connectivity index (χ1n) is 4.81. The minimum absolute atomic E-state index is 0.172. The predicted molar refractivity (Wildman–Crippen MR) is 59.9 cm³/mol. The summed E-state index contributed by atoms with van der Waals surface area (Å²) in [4.78, 5) is 29.0. The van der Waals surface area contributed by atoms with E-state index in [-0.39, 0.29) is 17.3 Å². The Morgan fingerprint density at radius 3 is 2.82 bits per heavy atom. The number of rotatable bonds is 3. The van der Waals surface area contributed by atoms with Crippen molar-refractivity contribution in [3.63, 3.8) is 0 Å². The van der Waals surface area contributed by atoms with Gasteiger partial charge >= 0.3 is 5.97 Å². The Hall–Kier alpha value is -2.63. The summed E-state index contributed by atoms with van der Waals surface area (Å²) in [5.74, 6) is -1.57. The number of aromatic carboxylic acids is 1. The molecule has 2 aromatic heterocycles. The number of aromatic nitrogens is 2. The second-order valence-electron chi connectivity index (χ2n) is 3.26. The Bertz CT molecular complexity index is 549. The number of H-pyrrole nitrogens is 1. The van der Waals surface area contributed by atoms with Gasteiger partial charge < -0.3 is 15.4 Å². The highest BCUT2D eigenvalue weighted by atomic mass is 16.4. The van der Waals surface area contributed by atoms with Gasteiger partial charge in [0.05, 0.1) is 11.3 Å².